The number of nitrogens with zero attached hydrogens (tertiary/aromatic N) is 6. The molecule has 2 heterocycles. The minimum Gasteiger partial charge on any atom is -0.461 e. The lowest BCUT2D eigenvalue weighted by Gasteiger charge is -2.08. The molecule has 8 heteroatoms. The highest BCUT2D eigenvalue weighted by molar-refractivity contribution is 6.28. The van der Waals surface area contributed by atoms with Crippen LogP contribution in [0.2, 0.25) is 5.28 Å². The van der Waals surface area contributed by atoms with Crippen molar-refractivity contribution in [3.63, 3.8) is 0 Å². The van der Waals surface area contributed by atoms with Gasteiger partial charge in [0.05, 0.1) is 6.10 Å². The summed E-state index contributed by atoms with van der Waals surface area (Å²) < 4.78 is 7.16. The molecule has 0 aliphatic heterocycles. The first-order chi connectivity index (χ1) is 9.10. The van der Waals surface area contributed by atoms with Crippen LogP contribution in [-0.2, 0) is 6.54 Å². The highest BCUT2D eigenvalue weighted by Gasteiger charge is 2.14. The molecule has 2 aromatic rings. The highest BCUT2D eigenvalue weighted by atomic mass is 35.5. The van der Waals surface area contributed by atoms with Gasteiger partial charge in [-0.25, -0.2) is 9.67 Å². The maximum Gasteiger partial charge on any atom is 0.321 e. The summed E-state index contributed by atoms with van der Waals surface area (Å²) >= 11 is 5.88. The van der Waals surface area contributed by atoms with Crippen molar-refractivity contribution in [3.05, 3.63) is 11.6 Å². The molecule has 0 aromatic carbocycles. The van der Waals surface area contributed by atoms with Crippen LogP contribution in [0.4, 0.5) is 0 Å². The Morgan fingerprint density at radius 3 is 2.79 bits per heavy atom. The number of halogens is 1. The predicted octanol–water partition coefficient (Wildman–Crippen LogP) is 1.98. The Bertz CT molecular complexity index is 556. The Kier molecular flexibility index (Phi) is 4.26. The molecule has 0 bridgehead atoms. The van der Waals surface area contributed by atoms with E-state index in [2.05, 4.69) is 32.0 Å². The van der Waals surface area contributed by atoms with Crippen molar-refractivity contribution >= 4 is 11.6 Å². The van der Waals surface area contributed by atoms with Crippen LogP contribution in [0.3, 0.4) is 0 Å². The smallest absolute Gasteiger partial charge is 0.321 e. The van der Waals surface area contributed by atoms with E-state index in [0.29, 0.717) is 11.6 Å². The molecule has 2 aromatic heterocycles. The van der Waals surface area contributed by atoms with Crippen molar-refractivity contribution in [3.8, 4) is 17.7 Å². The number of aryl methyl sites for hydroxylation is 1. The van der Waals surface area contributed by atoms with E-state index in [1.807, 2.05) is 13.8 Å². The molecular weight excluding hydrogens is 268 g/mol. The van der Waals surface area contributed by atoms with Gasteiger partial charge in [-0.1, -0.05) is 6.92 Å². The average molecular weight is 283 g/mol. The van der Waals surface area contributed by atoms with Gasteiger partial charge < -0.3 is 4.74 Å². The summed E-state index contributed by atoms with van der Waals surface area (Å²) in [7, 11) is 0. The van der Waals surface area contributed by atoms with Crippen molar-refractivity contribution < 1.29 is 4.74 Å². The lowest BCUT2D eigenvalue weighted by Crippen LogP contribution is -2.11. The number of ether oxygens (including phenoxy) is 1. The SMILES string of the molecule is CCCn1ncnc1-c1nc(Cl)nc(OC(C)C)n1. The summed E-state index contributed by atoms with van der Waals surface area (Å²) in [6, 6.07) is 0.191. The summed E-state index contributed by atoms with van der Waals surface area (Å²) in [5.41, 5.74) is 0. The highest BCUT2D eigenvalue weighted by Crippen LogP contribution is 2.17. The maximum atomic E-state index is 5.88. The Hall–Kier alpha value is -1.76. The molecule has 0 aliphatic rings. The molecular formula is C11H15ClN6O. The summed E-state index contributed by atoms with van der Waals surface area (Å²) in [5.74, 6) is 0.918. The van der Waals surface area contributed by atoms with Gasteiger partial charge in [-0.05, 0) is 31.9 Å². The zero-order chi connectivity index (χ0) is 13.8. The van der Waals surface area contributed by atoms with E-state index in [0.717, 1.165) is 13.0 Å². The van der Waals surface area contributed by atoms with E-state index < -0.39 is 0 Å². The monoisotopic (exact) mass is 282 g/mol. The Labute approximate surface area is 116 Å². The molecule has 0 fully saturated rings. The molecule has 2 rings (SSSR count). The van der Waals surface area contributed by atoms with Crippen molar-refractivity contribution in [2.45, 2.75) is 39.8 Å². The molecule has 102 valence electrons. The second-order valence-corrected chi connectivity index (χ2v) is 4.52. The van der Waals surface area contributed by atoms with Crippen LogP contribution in [0, 0.1) is 0 Å². The van der Waals surface area contributed by atoms with Crippen LogP contribution >= 0.6 is 11.6 Å². The third-order valence-electron chi connectivity index (χ3n) is 2.18. The largest absolute Gasteiger partial charge is 0.461 e. The lowest BCUT2D eigenvalue weighted by molar-refractivity contribution is 0.221. The average Bonchev–Trinajstić information content (AvgIpc) is 2.76. The molecule has 0 amide bonds. The number of hydrogen-bond donors (Lipinski definition) is 0. The van der Waals surface area contributed by atoms with Crippen molar-refractivity contribution in [1.29, 1.82) is 0 Å². The molecule has 0 radical (unpaired) electrons. The van der Waals surface area contributed by atoms with Crippen LogP contribution in [0.15, 0.2) is 6.33 Å². The van der Waals surface area contributed by atoms with Gasteiger partial charge in [0.1, 0.15) is 6.33 Å². The molecule has 0 saturated heterocycles. The fraction of sp³-hybridized carbons (Fsp3) is 0.545. The summed E-state index contributed by atoms with van der Waals surface area (Å²) in [4.78, 5) is 16.3. The normalized spacial score (nSPS) is 11.0. The van der Waals surface area contributed by atoms with Crippen LogP contribution in [0.1, 0.15) is 27.2 Å². The third-order valence-corrected chi connectivity index (χ3v) is 2.35. The fourth-order valence-electron chi connectivity index (χ4n) is 1.51. The van der Waals surface area contributed by atoms with Gasteiger partial charge in [-0.3, -0.25) is 0 Å². The Balaban J connectivity index is 2.38. The summed E-state index contributed by atoms with van der Waals surface area (Å²) in [5, 5.41) is 4.20. The van der Waals surface area contributed by atoms with Gasteiger partial charge >= 0.3 is 6.01 Å². The van der Waals surface area contributed by atoms with Crippen molar-refractivity contribution in [2.75, 3.05) is 0 Å². The molecule has 0 spiro atoms. The number of rotatable bonds is 5. The molecule has 7 nitrogen and oxygen atoms in total. The van der Waals surface area contributed by atoms with Crippen LogP contribution < -0.4 is 4.74 Å². The second kappa shape index (κ2) is 5.92. The number of hydrogen-bond acceptors (Lipinski definition) is 6. The third kappa shape index (κ3) is 3.37. The van der Waals surface area contributed by atoms with E-state index >= 15 is 0 Å². The maximum absolute atomic E-state index is 5.88. The van der Waals surface area contributed by atoms with Crippen molar-refractivity contribution in [1.82, 2.24) is 29.7 Å². The quantitative estimate of drug-likeness (QED) is 0.834. The second-order valence-electron chi connectivity index (χ2n) is 4.18. The lowest BCUT2D eigenvalue weighted by atomic mass is 10.4. The molecule has 0 unspecified atom stereocenters. The van der Waals surface area contributed by atoms with Gasteiger partial charge in [0.15, 0.2) is 5.82 Å². The predicted molar refractivity (Wildman–Crippen MR) is 69.9 cm³/mol. The van der Waals surface area contributed by atoms with E-state index in [9.17, 15) is 0 Å². The van der Waals surface area contributed by atoms with Crippen LogP contribution in [0.25, 0.3) is 11.6 Å². The molecule has 0 N–H and O–H groups in total. The van der Waals surface area contributed by atoms with E-state index in [1.165, 1.54) is 6.33 Å². The van der Waals surface area contributed by atoms with Gasteiger partial charge in [0.25, 0.3) is 0 Å². The first kappa shape index (κ1) is 13.7. The molecule has 0 atom stereocenters. The topological polar surface area (TPSA) is 78.6 Å². The van der Waals surface area contributed by atoms with Gasteiger partial charge in [0.2, 0.25) is 11.1 Å². The fourth-order valence-corrected chi connectivity index (χ4v) is 1.66. The standard InChI is InChI=1S/C11H15ClN6O/c1-4-5-18-9(13-6-14-18)8-15-10(12)17-11(16-8)19-7(2)3/h6-7H,4-5H2,1-3H3. The minimum absolute atomic E-state index is 0.0418. The zero-order valence-electron chi connectivity index (χ0n) is 11.0. The van der Waals surface area contributed by atoms with Gasteiger partial charge in [-0.15, -0.1) is 0 Å². The zero-order valence-corrected chi connectivity index (χ0v) is 11.8. The minimum atomic E-state index is -0.0418. The Morgan fingerprint density at radius 2 is 2.11 bits per heavy atom. The van der Waals surface area contributed by atoms with Crippen molar-refractivity contribution in [2.24, 2.45) is 0 Å². The van der Waals surface area contributed by atoms with Crippen LogP contribution in [-0.4, -0.2) is 35.8 Å². The first-order valence-corrected chi connectivity index (χ1v) is 6.44. The summed E-state index contributed by atoms with van der Waals surface area (Å²) in [6.07, 6.45) is 2.36. The van der Waals surface area contributed by atoms with Gasteiger partial charge in [0, 0.05) is 6.54 Å². The first-order valence-electron chi connectivity index (χ1n) is 6.06. The van der Waals surface area contributed by atoms with E-state index in [1.54, 1.807) is 4.68 Å². The van der Waals surface area contributed by atoms with Gasteiger partial charge in [-0.2, -0.15) is 20.1 Å². The molecule has 0 saturated carbocycles. The van der Waals surface area contributed by atoms with E-state index in [-0.39, 0.29) is 17.4 Å². The Morgan fingerprint density at radius 1 is 1.32 bits per heavy atom. The van der Waals surface area contributed by atoms with Crippen LogP contribution in [0.5, 0.6) is 6.01 Å². The summed E-state index contributed by atoms with van der Waals surface area (Å²) in [6.45, 7) is 6.56. The van der Waals surface area contributed by atoms with E-state index in [4.69, 9.17) is 16.3 Å². The molecule has 19 heavy (non-hydrogen) atoms. The molecule has 0 aliphatic carbocycles. The number of aromatic nitrogens is 6.